The Morgan fingerprint density at radius 1 is 0.878 bits per heavy atom. The number of carbonyl (C=O) groups is 2. The summed E-state index contributed by atoms with van der Waals surface area (Å²) in [6.07, 6.45) is -0.668. The Labute approximate surface area is 243 Å². The zero-order chi connectivity index (χ0) is 29.8. The number of ether oxygens (including phenoxy) is 2. The van der Waals surface area contributed by atoms with Crippen LogP contribution in [0, 0.1) is 19.8 Å². The largest absolute Gasteiger partial charge is 0.478 e. The van der Waals surface area contributed by atoms with Crippen molar-refractivity contribution in [1.82, 2.24) is 9.88 Å². The molecule has 3 aromatic carbocycles. The Morgan fingerprint density at radius 2 is 1.59 bits per heavy atom. The van der Waals surface area contributed by atoms with Gasteiger partial charge in [-0.2, -0.15) is 0 Å². The average Bonchev–Trinajstić information content (AvgIpc) is 3.19. The topological polar surface area (TPSA) is 69.6 Å². The van der Waals surface area contributed by atoms with E-state index in [1.165, 1.54) is 12.7 Å². The van der Waals surface area contributed by atoms with E-state index in [1.54, 1.807) is 0 Å². The van der Waals surface area contributed by atoms with E-state index in [2.05, 4.69) is 61.8 Å². The molecule has 0 saturated carbocycles. The lowest BCUT2D eigenvalue weighted by Crippen LogP contribution is -2.33. The molecule has 0 fully saturated rings. The summed E-state index contributed by atoms with van der Waals surface area (Å²) >= 11 is 0. The summed E-state index contributed by atoms with van der Waals surface area (Å²) < 4.78 is 13.2. The number of aryl methyl sites for hydroxylation is 1. The zero-order valence-electron chi connectivity index (χ0n) is 25.4. The van der Waals surface area contributed by atoms with Crippen molar-refractivity contribution < 1.29 is 19.1 Å². The van der Waals surface area contributed by atoms with Crippen molar-refractivity contribution in [2.45, 2.75) is 73.1 Å². The fraction of sp³-hybridized carbons (Fsp3) is 0.371. The van der Waals surface area contributed by atoms with E-state index in [4.69, 9.17) is 9.47 Å². The van der Waals surface area contributed by atoms with Gasteiger partial charge in [-0.15, -0.1) is 0 Å². The number of hydrogen-bond acceptors (Lipinski definition) is 4. The van der Waals surface area contributed by atoms with Crippen molar-refractivity contribution >= 4 is 22.8 Å². The molecule has 0 radical (unpaired) electrons. The highest BCUT2D eigenvalue weighted by Gasteiger charge is 2.25. The number of carbonyl (C=O) groups excluding carboxylic acids is 2. The maximum absolute atomic E-state index is 13.3. The van der Waals surface area contributed by atoms with Crippen LogP contribution in [0.1, 0.15) is 84.9 Å². The third-order valence-corrected chi connectivity index (χ3v) is 7.87. The van der Waals surface area contributed by atoms with Crippen LogP contribution in [0.4, 0.5) is 0 Å². The molecule has 41 heavy (non-hydrogen) atoms. The van der Waals surface area contributed by atoms with Gasteiger partial charge in [0, 0.05) is 34.6 Å². The molecular formula is C35H42N2O4. The number of nitrogens with one attached hydrogen (secondary N) is 1. The Morgan fingerprint density at radius 3 is 2.27 bits per heavy atom. The minimum absolute atomic E-state index is 0.0241. The van der Waals surface area contributed by atoms with Crippen LogP contribution in [0.2, 0.25) is 0 Å². The molecule has 0 saturated heterocycles. The molecule has 0 bridgehead atoms. The van der Waals surface area contributed by atoms with Crippen LogP contribution >= 0.6 is 0 Å². The molecule has 0 aliphatic rings. The molecule has 1 aromatic heterocycles. The van der Waals surface area contributed by atoms with Crippen LogP contribution in [-0.4, -0.2) is 29.7 Å². The van der Waals surface area contributed by atoms with Crippen molar-refractivity contribution in [1.29, 1.82) is 0 Å². The lowest BCUT2D eigenvalue weighted by molar-refractivity contribution is -0.150. The summed E-state index contributed by atoms with van der Waals surface area (Å²) in [4.78, 5) is 25.5. The maximum Gasteiger partial charge on any atom is 0.347 e. The summed E-state index contributed by atoms with van der Waals surface area (Å²) in [5.74, 6) is 0.566. The van der Waals surface area contributed by atoms with Crippen molar-refractivity contribution in [2.24, 2.45) is 5.92 Å². The number of benzene rings is 3. The molecule has 0 spiro atoms. The number of rotatable bonds is 10. The van der Waals surface area contributed by atoms with Gasteiger partial charge < -0.3 is 19.4 Å². The number of methoxy groups -OCH3 is 1. The van der Waals surface area contributed by atoms with Crippen molar-refractivity contribution in [2.75, 3.05) is 7.11 Å². The predicted molar refractivity (Wildman–Crippen MR) is 165 cm³/mol. The molecule has 1 amide bonds. The van der Waals surface area contributed by atoms with Gasteiger partial charge in [-0.05, 0) is 79.3 Å². The highest BCUT2D eigenvalue weighted by atomic mass is 16.6. The Hall–Kier alpha value is -4.06. The van der Waals surface area contributed by atoms with E-state index < -0.39 is 6.10 Å². The molecule has 2 atom stereocenters. The molecule has 1 heterocycles. The number of aromatic nitrogens is 1. The van der Waals surface area contributed by atoms with Crippen molar-refractivity contribution in [3.8, 4) is 5.75 Å². The number of esters is 1. The van der Waals surface area contributed by atoms with Gasteiger partial charge in [0.05, 0.1) is 13.2 Å². The van der Waals surface area contributed by atoms with Gasteiger partial charge in [-0.1, -0.05) is 64.1 Å². The molecule has 4 rings (SSSR count). The van der Waals surface area contributed by atoms with E-state index in [9.17, 15) is 9.59 Å². The Bertz CT molecular complexity index is 1550. The minimum atomic E-state index is -0.668. The Kier molecular flexibility index (Phi) is 9.21. The van der Waals surface area contributed by atoms with E-state index in [0.717, 1.165) is 33.3 Å². The highest BCUT2D eigenvalue weighted by molar-refractivity contribution is 5.99. The number of fused-ring (bicyclic) bond motifs is 1. The SMILES string of the molecule is COC(=O)C(Oc1cccc(Cn2c(C)c(C)c3cc(C(=O)NC(C)c4cccc(C(C)C)c4)ccc32)c1)C(C)C. The third-order valence-electron chi connectivity index (χ3n) is 7.87. The highest BCUT2D eigenvalue weighted by Crippen LogP contribution is 2.29. The third kappa shape index (κ3) is 6.64. The number of nitrogens with zero attached hydrogens (tertiary/aromatic N) is 1. The van der Waals surface area contributed by atoms with E-state index in [1.807, 2.05) is 63.2 Å². The van der Waals surface area contributed by atoms with E-state index >= 15 is 0 Å². The van der Waals surface area contributed by atoms with Crippen LogP contribution in [0.25, 0.3) is 10.9 Å². The first-order valence-electron chi connectivity index (χ1n) is 14.3. The van der Waals surface area contributed by atoms with Gasteiger partial charge in [0.15, 0.2) is 6.10 Å². The lowest BCUT2D eigenvalue weighted by Gasteiger charge is -2.20. The number of hydrogen-bond donors (Lipinski definition) is 1. The first-order valence-corrected chi connectivity index (χ1v) is 14.3. The van der Waals surface area contributed by atoms with Gasteiger partial charge in [0.1, 0.15) is 5.75 Å². The second-order valence-electron chi connectivity index (χ2n) is 11.5. The fourth-order valence-corrected chi connectivity index (χ4v) is 5.16. The number of amides is 1. The van der Waals surface area contributed by atoms with Gasteiger partial charge in [0.25, 0.3) is 5.91 Å². The van der Waals surface area contributed by atoms with Gasteiger partial charge >= 0.3 is 5.97 Å². The van der Waals surface area contributed by atoms with Gasteiger partial charge in [-0.25, -0.2) is 4.79 Å². The summed E-state index contributed by atoms with van der Waals surface area (Å²) in [5.41, 5.74) is 7.40. The van der Waals surface area contributed by atoms with Crippen LogP contribution < -0.4 is 10.1 Å². The standard InChI is InChI=1S/C35H42N2O4/c1-21(2)27-12-10-13-28(18-27)24(6)36-34(38)29-15-16-32-31(19-29)23(5)25(7)37(32)20-26-11-9-14-30(17-26)41-33(22(3)4)35(39)40-8/h9-19,21-22,24,33H,20H2,1-8H3,(H,36,38). The average molecular weight is 555 g/mol. The summed E-state index contributed by atoms with van der Waals surface area (Å²) in [6.45, 7) is 15.1. The van der Waals surface area contributed by atoms with Crippen molar-refractivity contribution in [3.05, 3.63) is 100 Å². The zero-order valence-corrected chi connectivity index (χ0v) is 25.4. The minimum Gasteiger partial charge on any atom is -0.478 e. The first kappa shape index (κ1) is 29.9. The molecule has 6 heteroatoms. The molecule has 6 nitrogen and oxygen atoms in total. The Balaban J connectivity index is 1.55. The lowest BCUT2D eigenvalue weighted by atomic mass is 9.98. The smallest absolute Gasteiger partial charge is 0.347 e. The maximum atomic E-state index is 13.3. The molecule has 216 valence electrons. The molecular weight excluding hydrogens is 512 g/mol. The first-order chi connectivity index (χ1) is 19.5. The van der Waals surface area contributed by atoms with Gasteiger partial charge in [-0.3, -0.25) is 4.79 Å². The summed E-state index contributed by atoms with van der Waals surface area (Å²) in [5, 5.41) is 4.23. The van der Waals surface area contributed by atoms with Crippen LogP contribution in [-0.2, 0) is 16.1 Å². The van der Waals surface area contributed by atoms with Crippen molar-refractivity contribution in [3.63, 3.8) is 0 Å². The second kappa shape index (κ2) is 12.6. The molecule has 0 aliphatic heterocycles. The monoisotopic (exact) mass is 554 g/mol. The van der Waals surface area contributed by atoms with E-state index in [0.29, 0.717) is 23.8 Å². The fourth-order valence-electron chi connectivity index (χ4n) is 5.16. The quantitative estimate of drug-likeness (QED) is 0.206. The molecule has 0 aliphatic carbocycles. The molecule has 1 N–H and O–H groups in total. The predicted octanol–water partition coefficient (Wildman–Crippen LogP) is 7.50. The second-order valence-corrected chi connectivity index (χ2v) is 11.5. The summed E-state index contributed by atoms with van der Waals surface area (Å²) in [6, 6.07) is 22.0. The normalized spacial score (nSPS) is 12.9. The van der Waals surface area contributed by atoms with Crippen LogP contribution in [0.15, 0.2) is 66.7 Å². The molecule has 4 aromatic rings. The molecule has 2 unspecified atom stereocenters. The van der Waals surface area contributed by atoms with E-state index in [-0.39, 0.29) is 23.8 Å². The van der Waals surface area contributed by atoms with Crippen LogP contribution in [0.5, 0.6) is 5.75 Å². The summed E-state index contributed by atoms with van der Waals surface area (Å²) in [7, 11) is 1.38. The van der Waals surface area contributed by atoms with Gasteiger partial charge in [0.2, 0.25) is 0 Å². The van der Waals surface area contributed by atoms with Crippen LogP contribution in [0.3, 0.4) is 0 Å².